The van der Waals surface area contributed by atoms with Crippen molar-refractivity contribution in [1.82, 2.24) is 14.6 Å². The van der Waals surface area contributed by atoms with E-state index in [1.54, 1.807) is 7.05 Å². The molecule has 1 rings (SSSR count). The molecule has 0 saturated carbocycles. The Labute approximate surface area is 115 Å². The Bertz CT molecular complexity index is 486. The molecule has 19 heavy (non-hydrogen) atoms. The van der Waals surface area contributed by atoms with Crippen LogP contribution in [-0.4, -0.2) is 51.5 Å². The molecule has 7 heteroatoms. The molecule has 0 amide bonds. The van der Waals surface area contributed by atoms with Gasteiger partial charge in [0.25, 0.3) is 0 Å². The van der Waals surface area contributed by atoms with E-state index >= 15 is 0 Å². The van der Waals surface area contributed by atoms with Crippen LogP contribution in [0.1, 0.15) is 13.8 Å². The van der Waals surface area contributed by atoms with Crippen LogP contribution in [0.25, 0.3) is 0 Å². The lowest BCUT2D eigenvalue weighted by atomic mass is 10.5. The van der Waals surface area contributed by atoms with Gasteiger partial charge in [-0.2, -0.15) is 0 Å². The molecule has 1 heterocycles. The highest BCUT2D eigenvalue weighted by atomic mass is 32.2. The molecule has 0 unspecified atom stereocenters. The predicted molar refractivity (Wildman–Crippen MR) is 76.8 cm³/mol. The molecule has 0 atom stereocenters. The van der Waals surface area contributed by atoms with Gasteiger partial charge in [0.05, 0.1) is 4.90 Å². The highest BCUT2D eigenvalue weighted by Gasteiger charge is 2.14. The summed E-state index contributed by atoms with van der Waals surface area (Å²) in [6, 6.07) is 3.00. The van der Waals surface area contributed by atoms with Crippen molar-refractivity contribution in [2.45, 2.75) is 18.7 Å². The van der Waals surface area contributed by atoms with Gasteiger partial charge in [0.15, 0.2) is 0 Å². The maximum absolute atomic E-state index is 12.1. The summed E-state index contributed by atoms with van der Waals surface area (Å²) in [7, 11) is -1.76. The molecule has 0 aromatic carbocycles. The Morgan fingerprint density at radius 1 is 1.32 bits per heavy atom. The van der Waals surface area contributed by atoms with Crippen LogP contribution >= 0.6 is 0 Å². The van der Waals surface area contributed by atoms with E-state index in [0.29, 0.717) is 18.9 Å². The van der Waals surface area contributed by atoms with Crippen molar-refractivity contribution in [3.05, 3.63) is 18.3 Å². The smallest absolute Gasteiger partial charge is 0.240 e. The Hall–Kier alpha value is -1.18. The molecule has 108 valence electrons. The molecule has 0 aliphatic rings. The topological polar surface area (TPSA) is 74.3 Å². The normalized spacial score (nSPS) is 11.8. The second-order valence-corrected chi connectivity index (χ2v) is 5.82. The number of pyridine rings is 1. The minimum Gasteiger partial charge on any atom is -0.373 e. The van der Waals surface area contributed by atoms with Gasteiger partial charge < -0.3 is 10.2 Å². The number of aromatic nitrogens is 1. The van der Waals surface area contributed by atoms with E-state index in [-0.39, 0.29) is 4.90 Å². The molecular weight excluding hydrogens is 264 g/mol. The first-order chi connectivity index (χ1) is 9.03. The van der Waals surface area contributed by atoms with Crippen LogP contribution in [0, 0.1) is 0 Å². The number of anilines is 1. The lowest BCUT2D eigenvalue weighted by Gasteiger charge is -2.18. The Morgan fingerprint density at radius 2 is 2.00 bits per heavy atom. The first-order valence-corrected chi connectivity index (χ1v) is 7.87. The molecule has 0 radical (unpaired) electrons. The third-order valence-electron chi connectivity index (χ3n) is 2.91. The molecule has 0 saturated heterocycles. The largest absolute Gasteiger partial charge is 0.373 e. The van der Waals surface area contributed by atoms with Gasteiger partial charge in [0.1, 0.15) is 5.82 Å². The summed E-state index contributed by atoms with van der Waals surface area (Å²) in [4.78, 5) is 6.38. The minimum atomic E-state index is -3.46. The lowest BCUT2D eigenvalue weighted by molar-refractivity contribution is 0.309. The average molecular weight is 286 g/mol. The van der Waals surface area contributed by atoms with Crippen molar-refractivity contribution in [3.8, 4) is 0 Å². The van der Waals surface area contributed by atoms with Gasteiger partial charge in [-0.15, -0.1) is 0 Å². The standard InChI is InChI=1S/C12H22N4O2S/c1-4-16(5-2)9-8-15-19(17,18)11-6-7-14-12(10-11)13-3/h6-7,10,15H,4-5,8-9H2,1-3H3,(H,13,14). The van der Waals surface area contributed by atoms with Crippen LogP contribution in [0.15, 0.2) is 23.2 Å². The van der Waals surface area contributed by atoms with E-state index in [1.807, 2.05) is 0 Å². The molecule has 6 nitrogen and oxygen atoms in total. The maximum Gasteiger partial charge on any atom is 0.240 e. The number of sulfonamides is 1. The van der Waals surface area contributed by atoms with Crippen LogP contribution in [0.5, 0.6) is 0 Å². The first-order valence-electron chi connectivity index (χ1n) is 6.39. The second kappa shape index (κ2) is 7.42. The average Bonchev–Trinajstić information content (AvgIpc) is 2.43. The van der Waals surface area contributed by atoms with Crippen LogP contribution < -0.4 is 10.0 Å². The number of hydrogen-bond acceptors (Lipinski definition) is 5. The fourth-order valence-corrected chi connectivity index (χ4v) is 2.71. The zero-order valence-electron chi connectivity index (χ0n) is 11.7. The van der Waals surface area contributed by atoms with E-state index in [0.717, 1.165) is 13.1 Å². The number of nitrogens with zero attached hydrogens (tertiary/aromatic N) is 2. The molecular formula is C12H22N4O2S. The van der Waals surface area contributed by atoms with Gasteiger partial charge in [-0.25, -0.2) is 18.1 Å². The van der Waals surface area contributed by atoms with E-state index in [4.69, 9.17) is 0 Å². The van der Waals surface area contributed by atoms with Crippen LogP contribution in [0.3, 0.4) is 0 Å². The van der Waals surface area contributed by atoms with Crippen molar-refractivity contribution in [2.24, 2.45) is 0 Å². The summed E-state index contributed by atoms with van der Waals surface area (Å²) in [5, 5.41) is 2.82. The van der Waals surface area contributed by atoms with Crippen molar-refractivity contribution in [1.29, 1.82) is 0 Å². The number of nitrogens with one attached hydrogen (secondary N) is 2. The lowest BCUT2D eigenvalue weighted by Crippen LogP contribution is -2.34. The SMILES string of the molecule is CCN(CC)CCNS(=O)(=O)c1ccnc(NC)c1. The van der Waals surface area contributed by atoms with Crippen molar-refractivity contribution in [3.63, 3.8) is 0 Å². The highest BCUT2D eigenvalue weighted by Crippen LogP contribution is 2.11. The summed E-state index contributed by atoms with van der Waals surface area (Å²) >= 11 is 0. The van der Waals surface area contributed by atoms with Crippen LogP contribution in [-0.2, 0) is 10.0 Å². The summed E-state index contributed by atoms with van der Waals surface area (Å²) in [5.41, 5.74) is 0. The fourth-order valence-electron chi connectivity index (χ4n) is 1.68. The number of likely N-dealkylation sites (N-methyl/N-ethyl adjacent to an activating group) is 1. The predicted octanol–water partition coefficient (Wildman–Crippen LogP) is 0.743. The highest BCUT2D eigenvalue weighted by molar-refractivity contribution is 7.89. The molecule has 0 aliphatic carbocycles. The molecule has 0 spiro atoms. The first kappa shape index (κ1) is 15.9. The van der Waals surface area contributed by atoms with E-state index in [2.05, 4.69) is 33.8 Å². The van der Waals surface area contributed by atoms with Crippen molar-refractivity contribution >= 4 is 15.8 Å². The van der Waals surface area contributed by atoms with Gasteiger partial charge in [0, 0.05) is 32.4 Å². The van der Waals surface area contributed by atoms with Crippen molar-refractivity contribution in [2.75, 3.05) is 38.5 Å². The summed E-state index contributed by atoms with van der Waals surface area (Å²) in [6.07, 6.45) is 1.48. The summed E-state index contributed by atoms with van der Waals surface area (Å²) in [5.74, 6) is 0.534. The van der Waals surface area contributed by atoms with Gasteiger partial charge in [-0.1, -0.05) is 13.8 Å². The van der Waals surface area contributed by atoms with E-state index in [1.165, 1.54) is 18.3 Å². The molecule has 0 aliphatic heterocycles. The van der Waals surface area contributed by atoms with Gasteiger partial charge in [-0.3, -0.25) is 0 Å². The molecule has 0 bridgehead atoms. The quantitative estimate of drug-likeness (QED) is 0.737. The van der Waals surface area contributed by atoms with Crippen LogP contribution in [0.2, 0.25) is 0 Å². The van der Waals surface area contributed by atoms with E-state index < -0.39 is 10.0 Å². The Balaban J connectivity index is 2.65. The second-order valence-electron chi connectivity index (χ2n) is 4.05. The number of rotatable bonds is 8. The zero-order chi connectivity index (χ0) is 14.3. The Kier molecular flexibility index (Phi) is 6.20. The van der Waals surface area contributed by atoms with Gasteiger partial charge in [0.2, 0.25) is 10.0 Å². The summed E-state index contributed by atoms with van der Waals surface area (Å²) in [6.45, 7) is 7.05. The molecule has 1 aromatic heterocycles. The summed E-state index contributed by atoms with van der Waals surface area (Å²) < 4.78 is 26.7. The molecule has 0 fully saturated rings. The third-order valence-corrected chi connectivity index (χ3v) is 4.37. The maximum atomic E-state index is 12.1. The third kappa shape index (κ3) is 4.77. The molecule has 2 N–H and O–H groups in total. The monoisotopic (exact) mass is 286 g/mol. The zero-order valence-corrected chi connectivity index (χ0v) is 12.5. The fraction of sp³-hybridized carbons (Fsp3) is 0.583. The van der Waals surface area contributed by atoms with Crippen LogP contribution in [0.4, 0.5) is 5.82 Å². The molecule has 1 aromatic rings. The van der Waals surface area contributed by atoms with Gasteiger partial charge in [-0.05, 0) is 19.2 Å². The van der Waals surface area contributed by atoms with Gasteiger partial charge >= 0.3 is 0 Å². The van der Waals surface area contributed by atoms with Crippen molar-refractivity contribution < 1.29 is 8.42 Å². The minimum absolute atomic E-state index is 0.228. The number of hydrogen-bond donors (Lipinski definition) is 2. The van der Waals surface area contributed by atoms with E-state index in [9.17, 15) is 8.42 Å². The Morgan fingerprint density at radius 3 is 2.58 bits per heavy atom.